The Balaban J connectivity index is 0.000000552. The topological polar surface area (TPSA) is 59.0 Å². The van der Waals surface area contributed by atoms with Crippen molar-refractivity contribution < 1.29 is 4.79 Å². The van der Waals surface area contributed by atoms with Crippen molar-refractivity contribution in [2.24, 2.45) is 7.05 Å². The van der Waals surface area contributed by atoms with Crippen LogP contribution in [0.3, 0.4) is 0 Å². The number of rotatable bonds is 5. The zero-order valence-corrected chi connectivity index (χ0v) is 15.8. The van der Waals surface area contributed by atoms with Gasteiger partial charge in [0.15, 0.2) is 0 Å². The molecule has 2 N–H and O–H groups in total. The van der Waals surface area contributed by atoms with E-state index in [0.29, 0.717) is 6.42 Å². The van der Waals surface area contributed by atoms with Gasteiger partial charge in [-0.1, -0.05) is 37.3 Å². The van der Waals surface area contributed by atoms with Gasteiger partial charge in [-0.25, -0.2) is 0 Å². The van der Waals surface area contributed by atoms with E-state index in [2.05, 4.69) is 34.8 Å². The second-order valence-corrected chi connectivity index (χ2v) is 6.14. The highest BCUT2D eigenvalue weighted by molar-refractivity contribution is 5.92. The van der Waals surface area contributed by atoms with E-state index in [0.717, 1.165) is 41.9 Å². The van der Waals surface area contributed by atoms with Crippen LogP contribution in [-0.4, -0.2) is 29.3 Å². The minimum Gasteiger partial charge on any atom is -0.326 e. The van der Waals surface area contributed by atoms with E-state index >= 15 is 0 Å². The van der Waals surface area contributed by atoms with Crippen LogP contribution in [0, 0.1) is 0 Å². The third kappa shape index (κ3) is 6.33. The third-order valence-electron chi connectivity index (χ3n) is 3.97. The Morgan fingerprint density at radius 2 is 1.92 bits per heavy atom. The van der Waals surface area contributed by atoms with E-state index in [1.54, 1.807) is 4.68 Å². The van der Waals surface area contributed by atoms with Crippen molar-refractivity contribution in [3.63, 3.8) is 0 Å². The first-order valence-corrected chi connectivity index (χ1v) is 9.02. The number of amides is 1. The lowest BCUT2D eigenvalue weighted by molar-refractivity contribution is -0.115. The van der Waals surface area contributed by atoms with Gasteiger partial charge in [0, 0.05) is 24.5 Å². The molecule has 0 spiro atoms. The summed E-state index contributed by atoms with van der Waals surface area (Å²) in [7, 11) is 3.83. The van der Waals surface area contributed by atoms with Crippen molar-refractivity contribution in [2.75, 3.05) is 18.9 Å². The van der Waals surface area contributed by atoms with Crippen LogP contribution in [0.4, 0.5) is 5.69 Å². The lowest BCUT2D eigenvalue weighted by atomic mass is 10.0. The van der Waals surface area contributed by atoms with Crippen LogP contribution in [0.5, 0.6) is 0 Å². The number of carbonyl (C=O) groups is 1. The molecule has 138 valence electrons. The average molecular weight is 352 g/mol. The van der Waals surface area contributed by atoms with Crippen LogP contribution < -0.4 is 10.6 Å². The lowest BCUT2D eigenvalue weighted by Gasteiger charge is -2.08. The molecule has 0 atom stereocenters. The zero-order valence-electron chi connectivity index (χ0n) is 15.8. The normalized spacial score (nSPS) is 12.8. The fraction of sp³-hybridized carbons (Fsp3) is 0.333. The number of aromatic nitrogens is 2. The summed E-state index contributed by atoms with van der Waals surface area (Å²) in [5.41, 5.74) is 3.87. The summed E-state index contributed by atoms with van der Waals surface area (Å²) in [5.74, 6) is 0.0170. The minimum atomic E-state index is 0.0170. The molecule has 0 fully saturated rings. The van der Waals surface area contributed by atoms with Crippen molar-refractivity contribution in [1.29, 1.82) is 0 Å². The average Bonchev–Trinajstić information content (AvgIpc) is 3.09. The SMILES string of the molecule is CCNC.Cn1ccc(-c2ccc(NC(=O)CC3=CCCC=C3)cc2)n1. The Bertz CT molecular complexity index is 755. The molecule has 1 amide bonds. The van der Waals surface area contributed by atoms with Crippen LogP contribution in [0.1, 0.15) is 26.2 Å². The van der Waals surface area contributed by atoms with Gasteiger partial charge in [0.05, 0.1) is 12.1 Å². The van der Waals surface area contributed by atoms with E-state index < -0.39 is 0 Å². The molecule has 0 aliphatic heterocycles. The second kappa shape index (κ2) is 10.4. The van der Waals surface area contributed by atoms with Crippen molar-refractivity contribution in [1.82, 2.24) is 15.1 Å². The lowest BCUT2D eigenvalue weighted by Crippen LogP contribution is -2.12. The van der Waals surface area contributed by atoms with E-state index in [-0.39, 0.29) is 5.91 Å². The molecule has 0 saturated carbocycles. The van der Waals surface area contributed by atoms with Gasteiger partial charge in [-0.3, -0.25) is 9.48 Å². The first kappa shape index (κ1) is 19.7. The molecule has 1 heterocycles. The molecule has 5 heteroatoms. The van der Waals surface area contributed by atoms with Crippen LogP contribution >= 0.6 is 0 Å². The summed E-state index contributed by atoms with van der Waals surface area (Å²) in [6.07, 6.45) is 10.7. The van der Waals surface area contributed by atoms with Gasteiger partial charge in [-0.2, -0.15) is 5.10 Å². The maximum absolute atomic E-state index is 12.0. The molecule has 26 heavy (non-hydrogen) atoms. The Kier molecular flexibility index (Phi) is 7.83. The summed E-state index contributed by atoms with van der Waals surface area (Å²) in [6, 6.07) is 9.73. The minimum absolute atomic E-state index is 0.0170. The predicted octanol–water partition coefficient (Wildman–Crippen LogP) is 3.92. The molecule has 2 aromatic rings. The molecule has 0 radical (unpaired) electrons. The number of nitrogens with zero attached hydrogens (tertiary/aromatic N) is 2. The molecule has 0 unspecified atom stereocenters. The highest BCUT2D eigenvalue weighted by Gasteiger charge is 2.07. The fourth-order valence-electron chi connectivity index (χ4n) is 2.48. The first-order valence-electron chi connectivity index (χ1n) is 9.02. The first-order chi connectivity index (χ1) is 12.6. The summed E-state index contributed by atoms with van der Waals surface area (Å²) >= 11 is 0. The van der Waals surface area contributed by atoms with Gasteiger partial charge in [-0.15, -0.1) is 0 Å². The Morgan fingerprint density at radius 3 is 2.46 bits per heavy atom. The number of allylic oxidation sites excluding steroid dienone is 3. The van der Waals surface area contributed by atoms with E-state index in [4.69, 9.17) is 0 Å². The number of hydrogen-bond acceptors (Lipinski definition) is 3. The molecule has 1 aliphatic carbocycles. The summed E-state index contributed by atoms with van der Waals surface area (Å²) in [5, 5.41) is 10.2. The number of aryl methyl sites for hydroxylation is 1. The molecule has 5 nitrogen and oxygen atoms in total. The zero-order chi connectivity index (χ0) is 18.8. The van der Waals surface area contributed by atoms with Gasteiger partial charge in [0.25, 0.3) is 0 Å². The summed E-state index contributed by atoms with van der Waals surface area (Å²) < 4.78 is 1.77. The van der Waals surface area contributed by atoms with Crippen LogP contribution in [-0.2, 0) is 11.8 Å². The van der Waals surface area contributed by atoms with E-state index in [9.17, 15) is 4.79 Å². The second-order valence-electron chi connectivity index (χ2n) is 6.14. The maximum Gasteiger partial charge on any atom is 0.228 e. The monoisotopic (exact) mass is 352 g/mol. The van der Waals surface area contributed by atoms with Crippen molar-refractivity contribution in [2.45, 2.75) is 26.2 Å². The molecule has 0 bridgehead atoms. The number of hydrogen-bond donors (Lipinski definition) is 2. The highest BCUT2D eigenvalue weighted by atomic mass is 16.1. The van der Waals surface area contributed by atoms with Gasteiger partial charge >= 0.3 is 0 Å². The highest BCUT2D eigenvalue weighted by Crippen LogP contribution is 2.20. The predicted molar refractivity (Wildman–Crippen MR) is 108 cm³/mol. The van der Waals surface area contributed by atoms with Crippen molar-refractivity contribution in [3.8, 4) is 11.3 Å². The van der Waals surface area contributed by atoms with Gasteiger partial charge in [0.1, 0.15) is 0 Å². The molecule has 1 aromatic carbocycles. The summed E-state index contributed by atoms with van der Waals surface area (Å²) in [6.45, 7) is 3.14. The quantitative estimate of drug-likeness (QED) is 0.857. The van der Waals surface area contributed by atoms with Gasteiger partial charge < -0.3 is 10.6 Å². The molecule has 0 saturated heterocycles. The van der Waals surface area contributed by atoms with Crippen molar-refractivity contribution in [3.05, 3.63) is 60.3 Å². The number of carbonyl (C=O) groups excluding carboxylic acids is 1. The van der Waals surface area contributed by atoms with Gasteiger partial charge in [0.2, 0.25) is 5.91 Å². The van der Waals surface area contributed by atoms with Crippen LogP contribution in [0.25, 0.3) is 11.3 Å². The maximum atomic E-state index is 12.0. The fourth-order valence-corrected chi connectivity index (χ4v) is 2.48. The molecular formula is C21H28N4O. The Hall–Kier alpha value is -2.66. The molecular weight excluding hydrogens is 324 g/mol. The largest absolute Gasteiger partial charge is 0.326 e. The Morgan fingerprint density at radius 1 is 1.19 bits per heavy atom. The van der Waals surface area contributed by atoms with E-state index in [1.165, 1.54) is 0 Å². The standard InChI is InChI=1S/C18H19N3O.C3H9N/c1-21-12-11-17(20-21)15-7-9-16(10-8-15)19-18(22)13-14-5-3-2-4-6-14;1-3-4-2/h3,5-12H,2,4,13H2,1H3,(H,19,22);4H,3H2,1-2H3. The number of benzene rings is 1. The molecule has 1 aromatic heterocycles. The van der Waals surface area contributed by atoms with Crippen LogP contribution in [0.2, 0.25) is 0 Å². The van der Waals surface area contributed by atoms with Crippen LogP contribution in [0.15, 0.2) is 60.3 Å². The molecule has 3 rings (SSSR count). The molecule has 1 aliphatic rings. The smallest absolute Gasteiger partial charge is 0.228 e. The number of anilines is 1. The third-order valence-corrected chi connectivity index (χ3v) is 3.97. The number of nitrogens with one attached hydrogen (secondary N) is 2. The van der Waals surface area contributed by atoms with Crippen molar-refractivity contribution >= 4 is 11.6 Å². The van der Waals surface area contributed by atoms with Gasteiger partial charge in [-0.05, 0) is 50.2 Å². The Labute approximate surface area is 155 Å². The summed E-state index contributed by atoms with van der Waals surface area (Å²) in [4.78, 5) is 12.0. The van der Waals surface area contributed by atoms with E-state index in [1.807, 2.05) is 56.7 Å².